The molecule has 0 heterocycles. The molecular formula is C36H60O4. The SMILES string of the molecule is CCCCCCCCCCCC(=O)O[C@H]1CC[C@@]2(C)C(=CCC3[C@@H]4CC[C@H]([C@H](C)CCC(=O)O)[C@@]4(C)CC[C@@H]32)C1. The van der Waals surface area contributed by atoms with Crippen molar-refractivity contribution in [1.82, 2.24) is 0 Å². The van der Waals surface area contributed by atoms with E-state index in [1.165, 1.54) is 77.0 Å². The van der Waals surface area contributed by atoms with E-state index in [4.69, 9.17) is 4.74 Å². The van der Waals surface area contributed by atoms with Crippen LogP contribution in [-0.4, -0.2) is 23.1 Å². The van der Waals surface area contributed by atoms with Gasteiger partial charge in [0.1, 0.15) is 6.10 Å². The van der Waals surface area contributed by atoms with Crippen LogP contribution in [0.25, 0.3) is 0 Å². The Balaban J connectivity index is 1.24. The molecule has 3 fully saturated rings. The molecule has 1 N–H and O–H groups in total. The number of unbranched alkanes of at least 4 members (excludes halogenated alkanes) is 8. The van der Waals surface area contributed by atoms with Gasteiger partial charge in [0.05, 0.1) is 0 Å². The van der Waals surface area contributed by atoms with Crippen LogP contribution in [0.2, 0.25) is 0 Å². The topological polar surface area (TPSA) is 63.6 Å². The number of carbonyl (C=O) groups is 2. The number of rotatable bonds is 15. The number of carboxylic acids is 1. The van der Waals surface area contributed by atoms with Gasteiger partial charge in [-0.05, 0) is 98.2 Å². The Labute approximate surface area is 245 Å². The lowest BCUT2D eigenvalue weighted by atomic mass is 9.47. The number of aliphatic carboxylic acids is 1. The van der Waals surface area contributed by atoms with Crippen molar-refractivity contribution in [3.8, 4) is 0 Å². The Morgan fingerprint density at radius 3 is 2.33 bits per heavy atom. The number of ether oxygens (including phenoxy) is 1. The van der Waals surface area contributed by atoms with Crippen LogP contribution in [0, 0.1) is 40.4 Å². The lowest BCUT2D eigenvalue weighted by Gasteiger charge is -2.58. The molecule has 0 bridgehead atoms. The molecular weight excluding hydrogens is 496 g/mol. The van der Waals surface area contributed by atoms with Gasteiger partial charge in [-0.15, -0.1) is 0 Å². The predicted molar refractivity (Wildman–Crippen MR) is 163 cm³/mol. The summed E-state index contributed by atoms with van der Waals surface area (Å²) in [7, 11) is 0. The minimum absolute atomic E-state index is 0.0216. The first-order valence-corrected chi connectivity index (χ1v) is 17.3. The lowest BCUT2D eigenvalue weighted by Crippen LogP contribution is -2.51. The average Bonchev–Trinajstić information content (AvgIpc) is 3.28. The molecule has 0 aromatic rings. The molecule has 0 aliphatic heterocycles. The van der Waals surface area contributed by atoms with Crippen molar-refractivity contribution in [1.29, 1.82) is 0 Å². The van der Waals surface area contributed by atoms with Crippen LogP contribution >= 0.6 is 0 Å². The van der Waals surface area contributed by atoms with Gasteiger partial charge in [-0.2, -0.15) is 0 Å². The number of allylic oxidation sites excluding steroid dienone is 1. The summed E-state index contributed by atoms with van der Waals surface area (Å²) < 4.78 is 6.04. The highest BCUT2D eigenvalue weighted by atomic mass is 16.5. The smallest absolute Gasteiger partial charge is 0.306 e. The van der Waals surface area contributed by atoms with Crippen LogP contribution in [0.3, 0.4) is 0 Å². The predicted octanol–water partition coefficient (Wildman–Crippen LogP) is 9.90. The molecule has 40 heavy (non-hydrogen) atoms. The van der Waals surface area contributed by atoms with Gasteiger partial charge in [-0.25, -0.2) is 0 Å². The number of carbonyl (C=O) groups excluding carboxylic acids is 1. The molecule has 0 aromatic heterocycles. The van der Waals surface area contributed by atoms with Crippen LogP contribution < -0.4 is 0 Å². The number of hydrogen-bond acceptors (Lipinski definition) is 3. The van der Waals surface area contributed by atoms with Crippen LogP contribution in [0.15, 0.2) is 11.6 Å². The zero-order valence-corrected chi connectivity index (χ0v) is 26.4. The van der Waals surface area contributed by atoms with E-state index in [1.54, 1.807) is 5.57 Å². The van der Waals surface area contributed by atoms with E-state index < -0.39 is 5.97 Å². The molecule has 3 saturated carbocycles. The monoisotopic (exact) mass is 556 g/mol. The number of hydrogen-bond donors (Lipinski definition) is 1. The van der Waals surface area contributed by atoms with Crippen LogP contribution in [-0.2, 0) is 14.3 Å². The maximum atomic E-state index is 12.6. The first-order valence-electron chi connectivity index (χ1n) is 17.3. The first-order chi connectivity index (χ1) is 19.2. The first kappa shape index (κ1) is 31.6. The van der Waals surface area contributed by atoms with Gasteiger partial charge in [0.25, 0.3) is 0 Å². The van der Waals surface area contributed by atoms with Gasteiger partial charge in [-0.3, -0.25) is 9.59 Å². The van der Waals surface area contributed by atoms with Crippen molar-refractivity contribution in [3.05, 3.63) is 11.6 Å². The molecule has 0 spiro atoms. The van der Waals surface area contributed by atoms with Crippen molar-refractivity contribution in [2.24, 2.45) is 40.4 Å². The summed E-state index contributed by atoms with van der Waals surface area (Å²) in [5, 5.41) is 9.22. The van der Waals surface area contributed by atoms with Gasteiger partial charge in [0.2, 0.25) is 0 Å². The van der Waals surface area contributed by atoms with E-state index >= 15 is 0 Å². The highest BCUT2D eigenvalue weighted by Crippen LogP contribution is 2.67. The number of carboxylic acid groups (broad SMARTS) is 1. The second-order valence-electron chi connectivity index (χ2n) is 14.8. The van der Waals surface area contributed by atoms with Crippen molar-refractivity contribution in [3.63, 3.8) is 0 Å². The quantitative estimate of drug-likeness (QED) is 0.124. The summed E-state index contributed by atoms with van der Waals surface area (Å²) in [6, 6.07) is 0. The Kier molecular flexibility index (Phi) is 11.2. The zero-order valence-electron chi connectivity index (χ0n) is 26.4. The molecule has 4 aliphatic rings. The molecule has 0 radical (unpaired) electrons. The van der Waals surface area contributed by atoms with Crippen molar-refractivity contribution >= 4 is 11.9 Å². The molecule has 1 unspecified atom stereocenters. The molecule has 0 amide bonds. The molecule has 4 aliphatic carbocycles. The number of esters is 1. The molecule has 4 heteroatoms. The minimum atomic E-state index is -0.655. The fraction of sp³-hybridized carbons (Fsp3) is 0.889. The Morgan fingerprint density at radius 1 is 0.925 bits per heavy atom. The molecule has 0 aromatic carbocycles. The fourth-order valence-corrected chi connectivity index (χ4v) is 10.1. The van der Waals surface area contributed by atoms with E-state index in [9.17, 15) is 14.7 Å². The Morgan fingerprint density at radius 2 is 1.62 bits per heavy atom. The standard InChI is InChI=1S/C36H60O4/c1-5-6-7-8-9-10-11-12-13-14-34(39)40-28-21-23-35(3)27(25-28)16-17-29-31-19-18-30(26(2)15-20-33(37)38)36(31,4)24-22-32(29)35/h16,26,28-32H,5-15,17-25H2,1-4H3,(H,37,38)/t26-,28+,29?,30-,31+,32+,35+,36-/m1/s1. The summed E-state index contributed by atoms with van der Waals surface area (Å²) >= 11 is 0. The van der Waals surface area contributed by atoms with Gasteiger partial charge >= 0.3 is 11.9 Å². The normalized spacial score (nSPS) is 35.7. The van der Waals surface area contributed by atoms with Crippen LogP contribution in [0.4, 0.5) is 0 Å². The zero-order chi connectivity index (χ0) is 28.8. The van der Waals surface area contributed by atoms with Crippen molar-refractivity contribution < 1.29 is 19.4 Å². The summed E-state index contributed by atoms with van der Waals surface area (Å²) in [6.45, 7) is 9.65. The van der Waals surface area contributed by atoms with Gasteiger partial charge in [-0.1, -0.05) is 90.7 Å². The summed E-state index contributed by atoms with van der Waals surface area (Å²) in [5.74, 6) is 2.80. The summed E-state index contributed by atoms with van der Waals surface area (Å²) in [5.41, 5.74) is 2.20. The molecule has 4 nitrogen and oxygen atoms in total. The third-order valence-electron chi connectivity index (χ3n) is 12.4. The van der Waals surface area contributed by atoms with Gasteiger partial charge in [0, 0.05) is 19.3 Å². The van der Waals surface area contributed by atoms with Crippen LogP contribution in [0.1, 0.15) is 156 Å². The minimum Gasteiger partial charge on any atom is -0.481 e. The third kappa shape index (κ3) is 7.17. The van der Waals surface area contributed by atoms with Gasteiger partial charge < -0.3 is 9.84 Å². The maximum Gasteiger partial charge on any atom is 0.306 e. The van der Waals surface area contributed by atoms with Crippen molar-refractivity contribution in [2.75, 3.05) is 0 Å². The highest BCUT2D eigenvalue weighted by Gasteiger charge is 2.59. The maximum absolute atomic E-state index is 12.6. The average molecular weight is 557 g/mol. The Hall–Kier alpha value is -1.32. The van der Waals surface area contributed by atoms with E-state index in [-0.39, 0.29) is 17.5 Å². The second kappa shape index (κ2) is 14.2. The molecule has 4 rings (SSSR count). The largest absolute Gasteiger partial charge is 0.481 e. The highest BCUT2D eigenvalue weighted by molar-refractivity contribution is 5.69. The molecule has 0 saturated heterocycles. The van der Waals surface area contributed by atoms with Crippen molar-refractivity contribution in [2.45, 2.75) is 162 Å². The van der Waals surface area contributed by atoms with Crippen LogP contribution in [0.5, 0.6) is 0 Å². The van der Waals surface area contributed by atoms with E-state index in [1.807, 2.05) is 0 Å². The summed E-state index contributed by atoms with van der Waals surface area (Å²) in [6.07, 6.45) is 25.2. The lowest BCUT2D eigenvalue weighted by molar-refractivity contribution is -0.151. The van der Waals surface area contributed by atoms with E-state index in [0.717, 1.165) is 56.3 Å². The van der Waals surface area contributed by atoms with Gasteiger partial charge in [0.15, 0.2) is 0 Å². The fourth-order valence-electron chi connectivity index (χ4n) is 10.1. The van der Waals surface area contributed by atoms with E-state index in [0.29, 0.717) is 30.1 Å². The molecule has 8 atom stereocenters. The third-order valence-corrected chi connectivity index (χ3v) is 12.4. The summed E-state index contributed by atoms with van der Waals surface area (Å²) in [4.78, 5) is 23.8. The Bertz CT molecular complexity index is 878. The van der Waals surface area contributed by atoms with E-state index in [2.05, 4.69) is 33.8 Å². The molecule has 228 valence electrons. The second-order valence-corrected chi connectivity index (χ2v) is 14.8. The number of fused-ring (bicyclic) bond motifs is 5.